The maximum Gasteiger partial charge on any atom is 0.270 e. The topological polar surface area (TPSA) is 83.7 Å². The normalized spacial score (nSPS) is 11.1. The molecule has 0 spiro atoms. The third-order valence-electron chi connectivity index (χ3n) is 3.36. The van der Waals surface area contributed by atoms with E-state index >= 15 is 0 Å². The summed E-state index contributed by atoms with van der Waals surface area (Å²) in [5, 5.41) is 15.8. The summed E-state index contributed by atoms with van der Waals surface area (Å²) >= 11 is 1.50. The molecule has 0 aliphatic heterocycles. The first-order valence-electron chi connectivity index (χ1n) is 7.15. The third-order valence-corrected chi connectivity index (χ3v) is 4.30. The van der Waals surface area contributed by atoms with Crippen molar-refractivity contribution in [2.24, 2.45) is 5.10 Å². The number of nitro benzene ring substituents is 1. The van der Waals surface area contributed by atoms with Crippen LogP contribution in [0.3, 0.4) is 0 Å². The van der Waals surface area contributed by atoms with Gasteiger partial charge in [0.25, 0.3) is 5.69 Å². The van der Waals surface area contributed by atoms with E-state index in [1.54, 1.807) is 12.3 Å². The Hall–Kier alpha value is -3.00. The van der Waals surface area contributed by atoms with Crippen molar-refractivity contribution in [2.45, 2.75) is 0 Å². The molecule has 0 saturated carbocycles. The van der Waals surface area contributed by atoms with Gasteiger partial charge in [0.1, 0.15) is 0 Å². The molecule has 7 nitrogen and oxygen atoms in total. The van der Waals surface area contributed by atoms with Gasteiger partial charge in [0.15, 0.2) is 0 Å². The van der Waals surface area contributed by atoms with E-state index in [0.29, 0.717) is 10.7 Å². The molecule has 1 aromatic heterocycles. The summed E-state index contributed by atoms with van der Waals surface area (Å²) in [7, 11) is 3.75. The first-order valence-corrected chi connectivity index (χ1v) is 7.96. The Kier molecular flexibility index (Phi) is 4.39. The standard InChI is InChI=1S/C16H15N5O2S/c1-20(2)14-8-7-12(21(22)23)9-11(14)10-17-19-16-18-13-5-3-4-6-15(13)24-16/h3-10H,1-2H3,(H,18,19)/b17-10+. The predicted octanol–water partition coefficient (Wildman–Crippen LogP) is 3.72. The van der Waals surface area contributed by atoms with Crippen LogP contribution in [-0.2, 0) is 0 Å². The van der Waals surface area contributed by atoms with Crippen LogP contribution in [0.1, 0.15) is 5.56 Å². The molecular formula is C16H15N5O2S. The van der Waals surface area contributed by atoms with Crippen molar-refractivity contribution in [3.63, 3.8) is 0 Å². The highest BCUT2D eigenvalue weighted by atomic mass is 32.1. The number of fused-ring (bicyclic) bond motifs is 1. The van der Waals surface area contributed by atoms with Gasteiger partial charge >= 0.3 is 0 Å². The quantitative estimate of drug-likeness (QED) is 0.434. The number of nitrogens with zero attached hydrogens (tertiary/aromatic N) is 4. The van der Waals surface area contributed by atoms with E-state index < -0.39 is 4.92 Å². The molecule has 0 atom stereocenters. The zero-order valence-corrected chi connectivity index (χ0v) is 13.9. The highest BCUT2D eigenvalue weighted by molar-refractivity contribution is 7.22. The third kappa shape index (κ3) is 3.33. The van der Waals surface area contributed by atoms with E-state index in [4.69, 9.17) is 0 Å². The molecule has 2 aromatic carbocycles. The molecule has 0 fully saturated rings. The predicted molar refractivity (Wildman–Crippen MR) is 98.3 cm³/mol. The molecular weight excluding hydrogens is 326 g/mol. The monoisotopic (exact) mass is 341 g/mol. The van der Waals surface area contributed by atoms with E-state index in [1.165, 1.54) is 23.5 Å². The minimum Gasteiger partial charge on any atom is -0.377 e. The summed E-state index contributed by atoms with van der Waals surface area (Å²) in [6, 6.07) is 12.5. The number of hydrogen-bond acceptors (Lipinski definition) is 7. The van der Waals surface area contributed by atoms with Gasteiger partial charge < -0.3 is 4.90 Å². The molecule has 0 saturated heterocycles. The Bertz CT molecular complexity index is 887. The number of non-ortho nitro benzene ring substituents is 1. The molecule has 1 N–H and O–H groups in total. The largest absolute Gasteiger partial charge is 0.377 e. The van der Waals surface area contributed by atoms with Crippen LogP contribution in [0.4, 0.5) is 16.5 Å². The average Bonchev–Trinajstić information content (AvgIpc) is 2.97. The number of nitro groups is 1. The maximum absolute atomic E-state index is 11.0. The van der Waals surface area contributed by atoms with Crippen molar-refractivity contribution >= 4 is 44.3 Å². The summed E-state index contributed by atoms with van der Waals surface area (Å²) < 4.78 is 1.07. The molecule has 1 heterocycles. The van der Waals surface area contributed by atoms with Gasteiger partial charge in [-0.25, -0.2) is 4.98 Å². The van der Waals surface area contributed by atoms with Crippen molar-refractivity contribution < 1.29 is 4.92 Å². The minimum absolute atomic E-state index is 0.0297. The number of thiazole rings is 1. The van der Waals surface area contributed by atoms with Gasteiger partial charge in [-0.1, -0.05) is 23.5 Å². The first-order chi connectivity index (χ1) is 11.5. The van der Waals surface area contributed by atoms with Crippen LogP contribution in [0.2, 0.25) is 0 Å². The lowest BCUT2D eigenvalue weighted by atomic mass is 10.1. The van der Waals surface area contributed by atoms with Crippen molar-refractivity contribution in [1.29, 1.82) is 0 Å². The Labute approximate surface area is 142 Å². The molecule has 0 aliphatic carbocycles. The fourth-order valence-corrected chi connectivity index (χ4v) is 3.06. The average molecular weight is 341 g/mol. The molecule has 3 rings (SSSR count). The van der Waals surface area contributed by atoms with E-state index in [0.717, 1.165) is 15.9 Å². The second-order valence-corrected chi connectivity index (χ2v) is 6.28. The van der Waals surface area contributed by atoms with E-state index in [-0.39, 0.29) is 5.69 Å². The van der Waals surface area contributed by atoms with Crippen LogP contribution in [0.5, 0.6) is 0 Å². The minimum atomic E-state index is -0.419. The number of hydrogen-bond donors (Lipinski definition) is 1. The molecule has 0 unspecified atom stereocenters. The number of nitrogens with one attached hydrogen (secondary N) is 1. The van der Waals surface area contributed by atoms with Gasteiger partial charge in [-0.15, -0.1) is 0 Å². The Morgan fingerprint density at radius 1 is 1.29 bits per heavy atom. The Morgan fingerprint density at radius 3 is 2.79 bits per heavy atom. The van der Waals surface area contributed by atoms with Crippen LogP contribution >= 0.6 is 11.3 Å². The van der Waals surface area contributed by atoms with Gasteiger partial charge in [-0.2, -0.15) is 5.10 Å². The van der Waals surface area contributed by atoms with E-state index in [2.05, 4.69) is 15.5 Å². The number of benzene rings is 2. The highest BCUT2D eigenvalue weighted by Crippen LogP contribution is 2.26. The lowest BCUT2D eigenvalue weighted by Crippen LogP contribution is -2.11. The van der Waals surface area contributed by atoms with Gasteiger partial charge in [0, 0.05) is 37.5 Å². The van der Waals surface area contributed by atoms with E-state index in [9.17, 15) is 10.1 Å². The zero-order chi connectivity index (χ0) is 17.1. The Morgan fingerprint density at radius 2 is 2.08 bits per heavy atom. The molecule has 8 heteroatoms. The number of anilines is 2. The summed E-state index contributed by atoms with van der Waals surface area (Å²) in [4.78, 5) is 16.8. The van der Waals surface area contributed by atoms with Crippen LogP contribution in [0, 0.1) is 10.1 Å². The van der Waals surface area contributed by atoms with Gasteiger partial charge in [-0.05, 0) is 18.2 Å². The second kappa shape index (κ2) is 6.63. The van der Waals surface area contributed by atoms with Crippen molar-refractivity contribution in [3.05, 3.63) is 58.1 Å². The fourth-order valence-electron chi connectivity index (χ4n) is 2.24. The number of aromatic nitrogens is 1. The van der Waals surface area contributed by atoms with Crippen LogP contribution in [-0.4, -0.2) is 30.2 Å². The van der Waals surface area contributed by atoms with Crippen molar-refractivity contribution in [2.75, 3.05) is 24.4 Å². The molecule has 0 aliphatic rings. The van der Waals surface area contributed by atoms with Crippen molar-refractivity contribution in [1.82, 2.24) is 4.98 Å². The van der Waals surface area contributed by atoms with Gasteiger partial charge in [0.2, 0.25) is 5.13 Å². The summed E-state index contributed by atoms with van der Waals surface area (Å²) in [5.74, 6) is 0. The van der Waals surface area contributed by atoms with Crippen LogP contribution in [0.25, 0.3) is 10.2 Å². The van der Waals surface area contributed by atoms with Gasteiger partial charge in [-0.3, -0.25) is 15.5 Å². The number of para-hydroxylation sites is 1. The zero-order valence-electron chi connectivity index (χ0n) is 13.1. The first kappa shape index (κ1) is 15.9. The number of rotatable bonds is 5. The van der Waals surface area contributed by atoms with E-state index in [1.807, 2.05) is 43.3 Å². The maximum atomic E-state index is 11.0. The summed E-state index contributed by atoms with van der Waals surface area (Å²) in [6.45, 7) is 0. The SMILES string of the molecule is CN(C)c1ccc([N+](=O)[O-])cc1/C=N/Nc1nc2ccccc2s1. The molecule has 0 amide bonds. The highest BCUT2D eigenvalue weighted by Gasteiger charge is 2.11. The second-order valence-electron chi connectivity index (χ2n) is 5.25. The smallest absolute Gasteiger partial charge is 0.270 e. The lowest BCUT2D eigenvalue weighted by molar-refractivity contribution is -0.384. The van der Waals surface area contributed by atoms with Crippen molar-refractivity contribution in [3.8, 4) is 0 Å². The van der Waals surface area contributed by atoms with Gasteiger partial charge in [0.05, 0.1) is 21.4 Å². The molecule has 0 bridgehead atoms. The van der Waals surface area contributed by atoms with Crippen LogP contribution < -0.4 is 10.3 Å². The summed E-state index contributed by atoms with van der Waals surface area (Å²) in [6.07, 6.45) is 1.56. The molecule has 122 valence electrons. The number of hydrazone groups is 1. The molecule has 24 heavy (non-hydrogen) atoms. The lowest BCUT2D eigenvalue weighted by Gasteiger charge is -2.14. The Balaban J connectivity index is 1.84. The molecule has 0 radical (unpaired) electrons. The summed E-state index contributed by atoms with van der Waals surface area (Å²) in [5.41, 5.74) is 5.32. The fraction of sp³-hybridized carbons (Fsp3) is 0.125. The van der Waals surface area contributed by atoms with Crippen LogP contribution in [0.15, 0.2) is 47.6 Å². The molecule has 3 aromatic rings.